The Labute approximate surface area is 81.9 Å². The van der Waals surface area contributed by atoms with Crippen molar-refractivity contribution in [1.82, 2.24) is 4.90 Å². The van der Waals surface area contributed by atoms with Crippen molar-refractivity contribution in [2.75, 3.05) is 6.54 Å². The van der Waals surface area contributed by atoms with E-state index in [0.29, 0.717) is 12.5 Å². The van der Waals surface area contributed by atoms with E-state index in [2.05, 4.69) is 0 Å². The molecule has 14 heavy (non-hydrogen) atoms. The number of amides is 2. The van der Waals surface area contributed by atoms with Crippen molar-refractivity contribution in [3.05, 3.63) is 0 Å². The van der Waals surface area contributed by atoms with Gasteiger partial charge in [-0.05, 0) is 24.7 Å². The molecule has 1 saturated carbocycles. The van der Waals surface area contributed by atoms with Crippen molar-refractivity contribution in [2.24, 2.45) is 17.6 Å². The average Bonchev–Trinajstić information content (AvgIpc) is 2.58. The standard InChI is InChI=1S/C9H14N2O3/c10-9(14)11-4-5-2-1-3-6(5)7(11)8(12)13/h5-7H,1-4H2,(H2,10,14)(H,12,13). The smallest absolute Gasteiger partial charge is 0.326 e. The highest BCUT2D eigenvalue weighted by molar-refractivity contribution is 5.82. The molecular formula is C9H14N2O3. The number of fused-ring (bicyclic) bond motifs is 1. The molecular weight excluding hydrogens is 184 g/mol. The van der Waals surface area contributed by atoms with Gasteiger partial charge in [0.15, 0.2) is 0 Å². The Morgan fingerprint density at radius 2 is 2.07 bits per heavy atom. The molecule has 1 aliphatic heterocycles. The maximum absolute atomic E-state index is 11.0. The zero-order valence-corrected chi connectivity index (χ0v) is 7.85. The predicted octanol–water partition coefficient (Wildman–Crippen LogP) is 0.250. The zero-order valence-electron chi connectivity index (χ0n) is 7.85. The van der Waals surface area contributed by atoms with E-state index in [-0.39, 0.29) is 5.92 Å². The molecule has 2 amide bonds. The first kappa shape index (κ1) is 9.30. The molecule has 2 fully saturated rings. The molecule has 3 N–H and O–H groups in total. The SMILES string of the molecule is NC(=O)N1CC2CCCC2C1C(=O)O. The van der Waals surface area contributed by atoms with Crippen molar-refractivity contribution in [3.63, 3.8) is 0 Å². The van der Waals surface area contributed by atoms with Crippen molar-refractivity contribution in [2.45, 2.75) is 25.3 Å². The second kappa shape index (κ2) is 3.15. The minimum Gasteiger partial charge on any atom is -0.480 e. The number of rotatable bonds is 1. The third kappa shape index (κ3) is 1.23. The van der Waals surface area contributed by atoms with Gasteiger partial charge in [-0.15, -0.1) is 0 Å². The number of nitrogens with zero attached hydrogens (tertiary/aromatic N) is 1. The van der Waals surface area contributed by atoms with Crippen LogP contribution >= 0.6 is 0 Å². The molecule has 1 aliphatic carbocycles. The molecule has 2 rings (SSSR count). The topological polar surface area (TPSA) is 83.6 Å². The first-order valence-electron chi connectivity index (χ1n) is 4.90. The number of hydrogen-bond donors (Lipinski definition) is 2. The van der Waals surface area contributed by atoms with E-state index in [9.17, 15) is 9.59 Å². The van der Waals surface area contributed by atoms with Gasteiger partial charge in [-0.3, -0.25) is 0 Å². The Bertz CT molecular complexity index is 279. The maximum atomic E-state index is 11.0. The van der Waals surface area contributed by atoms with Gasteiger partial charge in [0.2, 0.25) is 0 Å². The second-order valence-electron chi connectivity index (χ2n) is 4.13. The molecule has 78 valence electrons. The number of aliphatic carboxylic acids is 1. The van der Waals surface area contributed by atoms with Gasteiger partial charge in [-0.25, -0.2) is 9.59 Å². The quantitative estimate of drug-likeness (QED) is 0.633. The summed E-state index contributed by atoms with van der Waals surface area (Å²) < 4.78 is 0. The van der Waals surface area contributed by atoms with E-state index in [1.165, 1.54) is 4.90 Å². The lowest BCUT2D eigenvalue weighted by Crippen LogP contribution is -2.45. The van der Waals surface area contributed by atoms with Crippen molar-refractivity contribution in [3.8, 4) is 0 Å². The van der Waals surface area contributed by atoms with Crippen LogP contribution in [0.5, 0.6) is 0 Å². The normalized spacial score (nSPS) is 35.7. The molecule has 3 unspecified atom stereocenters. The number of hydrogen-bond acceptors (Lipinski definition) is 2. The van der Waals surface area contributed by atoms with E-state index < -0.39 is 18.0 Å². The van der Waals surface area contributed by atoms with E-state index in [1.807, 2.05) is 0 Å². The Kier molecular flexibility index (Phi) is 2.09. The Morgan fingerprint density at radius 3 is 2.64 bits per heavy atom. The number of nitrogens with two attached hydrogens (primary N) is 1. The molecule has 5 heteroatoms. The van der Waals surface area contributed by atoms with Gasteiger partial charge in [0.05, 0.1) is 0 Å². The summed E-state index contributed by atoms with van der Waals surface area (Å²) in [7, 11) is 0. The van der Waals surface area contributed by atoms with E-state index in [0.717, 1.165) is 19.3 Å². The van der Waals surface area contributed by atoms with E-state index in [4.69, 9.17) is 10.8 Å². The average molecular weight is 198 g/mol. The van der Waals surface area contributed by atoms with Crippen LogP contribution in [-0.4, -0.2) is 34.6 Å². The molecule has 0 radical (unpaired) electrons. The fourth-order valence-corrected chi connectivity index (χ4v) is 2.85. The summed E-state index contributed by atoms with van der Waals surface area (Å²) >= 11 is 0. The first-order chi connectivity index (χ1) is 6.61. The summed E-state index contributed by atoms with van der Waals surface area (Å²) in [6, 6.07) is -1.29. The Balaban J connectivity index is 2.21. The third-order valence-electron chi connectivity index (χ3n) is 3.43. The minimum absolute atomic E-state index is 0.125. The van der Waals surface area contributed by atoms with Gasteiger partial charge >= 0.3 is 12.0 Å². The third-order valence-corrected chi connectivity index (χ3v) is 3.43. The van der Waals surface area contributed by atoms with Crippen molar-refractivity contribution < 1.29 is 14.7 Å². The Hall–Kier alpha value is -1.26. The van der Waals surface area contributed by atoms with Crippen molar-refractivity contribution in [1.29, 1.82) is 0 Å². The second-order valence-corrected chi connectivity index (χ2v) is 4.13. The number of primary amides is 1. The Morgan fingerprint density at radius 1 is 1.36 bits per heavy atom. The first-order valence-corrected chi connectivity index (χ1v) is 4.90. The van der Waals surface area contributed by atoms with E-state index in [1.54, 1.807) is 0 Å². The number of carboxylic acid groups (broad SMARTS) is 1. The number of carbonyl (C=O) groups excluding carboxylic acids is 1. The largest absolute Gasteiger partial charge is 0.480 e. The molecule has 3 atom stereocenters. The van der Waals surface area contributed by atoms with Gasteiger partial charge in [-0.1, -0.05) is 6.42 Å². The highest BCUT2D eigenvalue weighted by atomic mass is 16.4. The van der Waals surface area contributed by atoms with Crippen LogP contribution in [0.15, 0.2) is 0 Å². The summed E-state index contributed by atoms with van der Waals surface area (Å²) in [6.07, 6.45) is 3.01. The zero-order chi connectivity index (χ0) is 10.3. The molecule has 2 aliphatic rings. The minimum atomic E-state index is -0.918. The van der Waals surface area contributed by atoms with Crippen LogP contribution in [0.25, 0.3) is 0 Å². The number of likely N-dealkylation sites (tertiary alicyclic amines) is 1. The van der Waals surface area contributed by atoms with Crippen LogP contribution in [0, 0.1) is 11.8 Å². The van der Waals surface area contributed by atoms with E-state index >= 15 is 0 Å². The monoisotopic (exact) mass is 198 g/mol. The van der Waals surface area contributed by atoms with Crippen LogP contribution in [0.3, 0.4) is 0 Å². The number of urea groups is 1. The molecule has 0 aromatic carbocycles. The summed E-state index contributed by atoms with van der Waals surface area (Å²) in [5, 5.41) is 9.03. The fourth-order valence-electron chi connectivity index (χ4n) is 2.85. The molecule has 5 nitrogen and oxygen atoms in total. The van der Waals surface area contributed by atoms with Crippen LogP contribution in [0.2, 0.25) is 0 Å². The lowest BCUT2D eigenvalue weighted by molar-refractivity contribution is -0.142. The molecule has 1 heterocycles. The summed E-state index contributed by atoms with van der Waals surface area (Å²) in [5.74, 6) is -0.443. The van der Waals surface area contributed by atoms with Crippen molar-refractivity contribution >= 4 is 12.0 Å². The van der Waals surface area contributed by atoms with Gasteiger partial charge in [0.25, 0.3) is 0 Å². The molecule has 0 aromatic rings. The summed E-state index contributed by atoms with van der Waals surface area (Å²) in [5.41, 5.74) is 5.15. The fraction of sp³-hybridized carbons (Fsp3) is 0.778. The van der Waals surface area contributed by atoms with Crippen LogP contribution < -0.4 is 5.73 Å². The predicted molar refractivity (Wildman–Crippen MR) is 48.5 cm³/mol. The lowest BCUT2D eigenvalue weighted by atomic mass is 9.94. The van der Waals surface area contributed by atoms with Crippen LogP contribution in [-0.2, 0) is 4.79 Å². The number of carboxylic acids is 1. The lowest BCUT2D eigenvalue weighted by Gasteiger charge is -2.21. The highest BCUT2D eigenvalue weighted by Crippen LogP contribution is 2.41. The van der Waals surface area contributed by atoms with Gasteiger partial charge in [0.1, 0.15) is 6.04 Å². The van der Waals surface area contributed by atoms with Gasteiger partial charge in [-0.2, -0.15) is 0 Å². The van der Waals surface area contributed by atoms with Crippen LogP contribution in [0.1, 0.15) is 19.3 Å². The molecule has 1 saturated heterocycles. The number of carbonyl (C=O) groups is 2. The summed E-state index contributed by atoms with van der Waals surface area (Å²) in [6.45, 7) is 0.525. The van der Waals surface area contributed by atoms with Gasteiger partial charge < -0.3 is 15.7 Å². The molecule has 0 spiro atoms. The molecule has 0 bridgehead atoms. The van der Waals surface area contributed by atoms with Crippen LogP contribution in [0.4, 0.5) is 4.79 Å². The maximum Gasteiger partial charge on any atom is 0.326 e. The van der Waals surface area contributed by atoms with Gasteiger partial charge in [0, 0.05) is 6.54 Å². The molecule has 0 aromatic heterocycles. The highest BCUT2D eigenvalue weighted by Gasteiger charge is 2.48. The summed E-state index contributed by atoms with van der Waals surface area (Å²) in [4.78, 5) is 23.3.